The van der Waals surface area contributed by atoms with Crippen molar-refractivity contribution in [3.63, 3.8) is 0 Å². The molecule has 3 aromatic rings. The summed E-state index contributed by atoms with van der Waals surface area (Å²) in [5.74, 6) is 0.735. The van der Waals surface area contributed by atoms with Crippen LogP contribution in [0.2, 0.25) is 0 Å². The summed E-state index contributed by atoms with van der Waals surface area (Å²) in [6.07, 6.45) is 2.33. The van der Waals surface area contributed by atoms with Gasteiger partial charge in [-0.1, -0.05) is 48.5 Å². The normalized spacial score (nSPS) is 15.5. The molecular weight excluding hydrogens is 296 g/mol. The molecule has 0 unspecified atom stereocenters. The molecule has 0 bridgehead atoms. The van der Waals surface area contributed by atoms with Crippen molar-refractivity contribution in [3.8, 4) is 17.1 Å². The lowest BCUT2D eigenvalue weighted by atomic mass is 10.0. The highest BCUT2D eigenvalue weighted by Crippen LogP contribution is 2.32. The fourth-order valence-electron chi connectivity index (χ4n) is 3.36. The van der Waals surface area contributed by atoms with Crippen molar-refractivity contribution in [2.45, 2.75) is 25.9 Å². The molecule has 0 radical (unpaired) electrons. The first-order valence-electron chi connectivity index (χ1n) is 8.64. The average molecular weight is 318 g/mol. The van der Waals surface area contributed by atoms with E-state index in [0.717, 1.165) is 37.5 Å². The zero-order valence-electron chi connectivity index (χ0n) is 14.0. The number of nitrogens with zero attached hydrogens (tertiary/aromatic N) is 1. The Balaban J connectivity index is 1.80. The zero-order valence-corrected chi connectivity index (χ0v) is 14.0. The lowest BCUT2D eigenvalue weighted by molar-refractivity contribution is 0.156. The lowest BCUT2D eigenvalue weighted by Gasteiger charge is -2.23. The summed E-state index contributed by atoms with van der Waals surface area (Å²) < 4.78 is 6.21. The number of piperidine rings is 1. The van der Waals surface area contributed by atoms with Crippen molar-refractivity contribution in [1.29, 1.82) is 0 Å². The monoisotopic (exact) mass is 318 g/mol. The van der Waals surface area contributed by atoms with Crippen LogP contribution in [0.25, 0.3) is 22.0 Å². The van der Waals surface area contributed by atoms with Gasteiger partial charge in [0.05, 0.1) is 5.69 Å². The summed E-state index contributed by atoms with van der Waals surface area (Å²) in [5.41, 5.74) is 3.41. The molecule has 2 heterocycles. The van der Waals surface area contributed by atoms with Crippen molar-refractivity contribution >= 4 is 10.8 Å². The predicted octanol–water partition coefficient (Wildman–Crippen LogP) is 4.34. The Bertz CT molecular complexity index is 853. The lowest BCUT2D eigenvalue weighted by Crippen LogP contribution is -2.34. The number of rotatable bonds is 3. The molecule has 0 saturated carbocycles. The van der Waals surface area contributed by atoms with Gasteiger partial charge in [0.25, 0.3) is 0 Å². The highest BCUT2D eigenvalue weighted by molar-refractivity contribution is 5.95. The number of hydrogen-bond donors (Lipinski definition) is 1. The zero-order chi connectivity index (χ0) is 16.4. The SMILES string of the molecule is Cc1ccccc1-c1nc(OC2CCNCC2)cc2ccccc12. The van der Waals surface area contributed by atoms with E-state index in [-0.39, 0.29) is 6.10 Å². The van der Waals surface area contributed by atoms with Crippen LogP contribution in [0.3, 0.4) is 0 Å². The van der Waals surface area contributed by atoms with Gasteiger partial charge in [0.15, 0.2) is 0 Å². The van der Waals surface area contributed by atoms with Gasteiger partial charge in [-0.3, -0.25) is 0 Å². The molecule has 0 atom stereocenters. The number of benzene rings is 2. The fourth-order valence-corrected chi connectivity index (χ4v) is 3.36. The van der Waals surface area contributed by atoms with E-state index in [4.69, 9.17) is 9.72 Å². The van der Waals surface area contributed by atoms with Crippen LogP contribution in [0.5, 0.6) is 5.88 Å². The quantitative estimate of drug-likeness (QED) is 0.780. The standard InChI is InChI=1S/C21H22N2O/c1-15-6-2-4-8-18(15)21-19-9-5-3-7-16(19)14-20(23-21)24-17-10-12-22-13-11-17/h2-9,14,17,22H,10-13H2,1H3. The predicted molar refractivity (Wildman–Crippen MR) is 98.4 cm³/mol. The van der Waals surface area contributed by atoms with E-state index >= 15 is 0 Å². The molecule has 1 fully saturated rings. The Morgan fingerprint density at radius 1 is 1.00 bits per heavy atom. The Labute approximate surface area is 142 Å². The van der Waals surface area contributed by atoms with Crippen LogP contribution in [-0.4, -0.2) is 24.2 Å². The van der Waals surface area contributed by atoms with Crippen LogP contribution in [-0.2, 0) is 0 Å². The molecule has 1 aliphatic rings. The van der Waals surface area contributed by atoms with Gasteiger partial charge in [-0.15, -0.1) is 0 Å². The number of aryl methyl sites for hydroxylation is 1. The molecule has 3 heteroatoms. The molecule has 4 rings (SSSR count). The Morgan fingerprint density at radius 3 is 2.58 bits per heavy atom. The van der Waals surface area contributed by atoms with Gasteiger partial charge in [0.1, 0.15) is 6.10 Å². The van der Waals surface area contributed by atoms with Gasteiger partial charge in [0.2, 0.25) is 5.88 Å². The minimum atomic E-state index is 0.254. The van der Waals surface area contributed by atoms with Crippen LogP contribution in [0.15, 0.2) is 54.6 Å². The van der Waals surface area contributed by atoms with Crippen LogP contribution < -0.4 is 10.1 Å². The van der Waals surface area contributed by atoms with Crippen molar-refractivity contribution in [2.24, 2.45) is 0 Å². The number of fused-ring (bicyclic) bond motifs is 1. The van der Waals surface area contributed by atoms with Gasteiger partial charge in [-0.2, -0.15) is 0 Å². The molecule has 1 aliphatic heterocycles. The Morgan fingerprint density at radius 2 is 1.75 bits per heavy atom. The van der Waals surface area contributed by atoms with Crippen molar-refractivity contribution < 1.29 is 4.74 Å². The molecule has 24 heavy (non-hydrogen) atoms. The molecule has 1 saturated heterocycles. The number of ether oxygens (including phenoxy) is 1. The molecule has 0 spiro atoms. The van der Waals surface area contributed by atoms with E-state index in [2.05, 4.69) is 66.8 Å². The third kappa shape index (κ3) is 3.00. The van der Waals surface area contributed by atoms with Crippen LogP contribution in [0.4, 0.5) is 0 Å². The van der Waals surface area contributed by atoms with Crippen molar-refractivity contribution in [1.82, 2.24) is 10.3 Å². The maximum absolute atomic E-state index is 6.21. The third-order valence-electron chi connectivity index (χ3n) is 4.69. The van der Waals surface area contributed by atoms with E-state index in [1.54, 1.807) is 0 Å². The summed E-state index contributed by atoms with van der Waals surface area (Å²) in [5, 5.41) is 5.72. The number of hydrogen-bond acceptors (Lipinski definition) is 3. The van der Waals surface area contributed by atoms with E-state index in [0.29, 0.717) is 0 Å². The second-order valence-electron chi connectivity index (χ2n) is 6.41. The molecule has 1 N–H and O–H groups in total. The molecule has 0 aliphatic carbocycles. The summed E-state index contributed by atoms with van der Waals surface area (Å²) in [6.45, 7) is 4.16. The van der Waals surface area contributed by atoms with Crippen LogP contribution in [0.1, 0.15) is 18.4 Å². The minimum absolute atomic E-state index is 0.254. The summed E-state index contributed by atoms with van der Waals surface area (Å²) >= 11 is 0. The Hall–Kier alpha value is -2.39. The van der Waals surface area contributed by atoms with E-state index < -0.39 is 0 Å². The topological polar surface area (TPSA) is 34.1 Å². The maximum Gasteiger partial charge on any atom is 0.214 e. The van der Waals surface area contributed by atoms with Gasteiger partial charge in [-0.25, -0.2) is 4.98 Å². The van der Waals surface area contributed by atoms with E-state index in [1.165, 1.54) is 21.9 Å². The third-order valence-corrected chi connectivity index (χ3v) is 4.69. The van der Waals surface area contributed by atoms with E-state index in [9.17, 15) is 0 Å². The molecular formula is C21H22N2O. The van der Waals surface area contributed by atoms with Gasteiger partial charge >= 0.3 is 0 Å². The van der Waals surface area contributed by atoms with Crippen molar-refractivity contribution in [3.05, 3.63) is 60.2 Å². The molecule has 1 aromatic heterocycles. The summed E-state index contributed by atoms with van der Waals surface area (Å²) in [7, 11) is 0. The first-order valence-corrected chi connectivity index (χ1v) is 8.64. The average Bonchev–Trinajstić information content (AvgIpc) is 2.62. The number of pyridine rings is 1. The second-order valence-corrected chi connectivity index (χ2v) is 6.41. The smallest absolute Gasteiger partial charge is 0.214 e. The largest absolute Gasteiger partial charge is 0.474 e. The van der Waals surface area contributed by atoms with Gasteiger partial charge in [0, 0.05) is 17.0 Å². The first kappa shape index (κ1) is 15.2. The highest BCUT2D eigenvalue weighted by Gasteiger charge is 2.17. The van der Waals surface area contributed by atoms with Crippen LogP contribution >= 0.6 is 0 Å². The minimum Gasteiger partial charge on any atom is -0.474 e. The summed E-state index contributed by atoms with van der Waals surface area (Å²) in [4.78, 5) is 4.88. The van der Waals surface area contributed by atoms with E-state index in [1.807, 2.05) is 0 Å². The fraction of sp³-hybridized carbons (Fsp3) is 0.286. The molecule has 2 aromatic carbocycles. The van der Waals surface area contributed by atoms with Crippen molar-refractivity contribution in [2.75, 3.05) is 13.1 Å². The van der Waals surface area contributed by atoms with Gasteiger partial charge in [-0.05, 0) is 43.8 Å². The first-order chi connectivity index (χ1) is 11.8. The maximum atomic E-state index is 6.21. The molecule has 122 valence electrons. The number of aromatic nitrogens is 1. The second kappa shape index (κ2) is 6.62. The van der Waals surface area contributed by atoms with Gasteiger partial charge < -0.3 is 10.1 Å². The number of nitrogens with one attached hydrogen (secondary N) is 1. The Kier molecular flexibility index (Phi) is 4.18. The van der Waals surface area contributed by atoms with Crippen LogP contribution in [0, 0.1) is 6.92 Å². The highest BCUT2D eigenvalue weighted by atomic mass is 16.5. The molecule has 0 amide bonds. The molecule has 3 nitrogen and oxygen atoms in total. The summed E-state index contributed by atoms with van der Waals surface area (Å²) in [6, 6.07) is 18.9.